The number of hydrogen-bond acceptors (Lipinski definition) is 8. The predicted molar refractivity (Wildman–Crippen MR) is 162 cm³/mol. The summed E-state index contributed by atoms with van der Waals surface area (Å²) in [6.07, 6.45) is 2.81. The van der Waals surface area contributed by atoms with Crippen molar-refractivity contribution < 1.29 is 32.9 Å². The van der Waals surface area contributed by atoms with Crippen LogP contribution < -0.4 is 14.4 Å². The van der Waals surface area contributed by atoms with Gasteiger partial charge in [-0.3, -0.25) is 4.90 Å². The smallest absolute Gasteiger partial charge is 0.335 e. The van der Waals surface area contributed by atoms with Crippen LogP contribution in [0, 0.1) is 23.0 Å². The Balaban J connectivity index is 1.06. The molecule has 0 radical (unpaired) electrons. The molecule has 3 fully saturated rings. The number of imidazole rings is 1. The zero-order chi connectivity index (χ0) is 31.7. The molecular formula is C34H31F2N5O5. The molecule has 0 amide bonds. The summed E-state index contributed by atoms with van der Waals surface area (Å²) in [5.41, 5.74) is 1.83. The van der Waals surface area contributed by atoms with Crippen molar-refractivity contribution in [2.24, 2.45) is 0 Å². The van der Waals surface area contributed by atoms with Crippen LogP contribution in [-0.4, -0.2) is 63.4 Å². The lowest BCUT2D eigenvalue weighted by molar-refractivity contribution is -0.0706. The van der Waals surface area contributed by atoms with E-state index in [-0.39, 0.29) is 40.4 Å². The van der Waals surface area contributed by atoms with Gasteiger partial charge in [0.25, 0.3) is 5.79 Å². The second-order valence-electron chi connectivity index (χ2n) is 12.5. The van der Waals surface area contributed by atoms with Crippen LogP contribution in [0.1, 0.15) is 53.5 Å². The minimum atomic E-state index is -1.39. The molecule has 1 aliphatic carbocycles. The number of benzene rings is 3. The Morgan fingerprint density at radius 1 is 1.09 bits per heavy atom. The van der Waals surface area contributed by atoms with Gasteiger partial charge in [0.05, 0.1) is 53.2 Å². The van der Waals surface area contributed by atoms with Crippen LogP contribution in [-0.2, 0) is 23.6 Å². The van der Waals surface area contributed by atoms with Gasteiger partial charge in [-0.1, -0.05) is 6.07 Å². The van der Waals surface area contributed by atoms with Crippen molar-refractivity contribution >= 4 is 22.7 Å². The summed E-state index contributed by atoms with van der Waals surface area (Å²) in [6.45, 7) is 4.71. The maximum absolute atomic E-state index is 15.1. The van der Waals surface area contributed by atoms with Crippen molar-refractivity contribution in [3.05, 3.63) is 82.7 Å². The molecule has 10 nitrogen and oxygen atoms in total. The lowest BCUT2D eigenvalue weighted by Crippen LogP contribution is -2.64. The topological polar surface area (TPSA) is 113 Å². The number of fused-ring (bicyclic) bond motifs is 3. The quantitative estimate of drug-likeness (QED) is 0.297. The summed E-state index contributed by atoms with van der Waals surface area (Å²) in [4.78, 5) is 21.1. The van der Waals surface area contributed by atoms with E-state index in [1.165, 1.54) is 18.2 Å². The molecule has 4 aromatic rings. The number of para-hydroxylation sites is 1. The summed E-state index contributed by atoms with van der Waals surface area (Å²) in [5, 5.41) is 18.7. The number of carboxylic acids is 1. The largest absolute Gasteiger partial charge is 0.478 e. The number of carboxylic acid groups (broad SMARTS) is 1. The number of aromatic nitrogens is 2. The van der Waals surface area contributed by atoms with Crippen LogP contribution in [0.3, 0.4) is 0 Å². The first-order chi connectivity index (χ1) is 22.2. The van der Waals surface area contributed by atoms with Crippen molar-refractivity contribution in [3.63, 3.8) is 0 Å². The monoisotopic (exact) mass is 627 g/mol. The van der Waals surface area contributed by atoms with Gasteiger partial charge in [-0.15, -0.1) is 0 Å². The zero-order valence-electron chi connectivity index (χ0n) is 25.1. The van der Waals surface area contributed by atoms with Crippen LogP contribution >= 0.6 is 0 Å². The average Bonchev–Trinajstić information content (AvgIpc) is 3.52. The standard InChI is InChI=1S/C34H31F2N5O5/c1-34(22-6-5-19(16-37)13-23(22)35)45-29-4-2-3-27(32(29)46-34)40-11-10-39(25-7-8-26(25)40)18-30-38-31-24(36)14-20(33(42)43)15-28(31)41(30)17-21-9-12-44-21/h2-6,13-15,21,25-26H,7-12,17-18H2,1H3,(H,42,43)/t21-,25-,26-,34-/m0/s1. The molecule has 0 unspecified atom stereocenters. The molecule has 8 rings (SSSR count). The first-order valence-corrected chi connectivity index (χ1v) is 15.5. The van der Waals surface area contributed by atoms with E-state index in [1.54, 1.807) is 13.0 Å². The van der Waals surface area contributed by atoms with Gasteiger partial charge in [0, 0.05) is 38.7 Å². The van der Waals surface area contributed by atoms with E-state index in [0.29, 0.717) is 55.6 Å². The number of ether oxygens (including phenoxy) is 3. The number of hydrogen-bond donors (Lipinski definition) is 1. The van der Waals surface area contributed by atoms with Crippen LogP contribution in [0.15, 0.2) is 48.5 Å². The Morgan fingerprint density at radius 3 is 2.61 bits per heavy atom. The molecule has 0 spiro atoms. The van der Waals surface area contributed by atoms with E-state index in [4.69, 9.17) is 19.5 Å². The molecule has 0 bridgehead atoms. The van der Waals surface area contributed by atoms with E-state index in [2.05, 4.69) is 14.8 Å². The van der Waals surface area contributed by atoms with Crippen LogP contribution in [0.25, 0.3) is 11.0 Å². The fraction of sp³-hybridized carbons (Fsp3) is 0.382. The summed E-state index contributed by atoms with van der Waals surface area (Å²) in [5.74, 6) is -2.04. The second-order valence-corrected chi connectivity index (χ2v) is 12.5. The molecule has 12 heteroatoms. The van der Waals surface area contributed by atoms with Crippen LogP contribution in [0.2, 0.25) is 0 Å². The Morgan fingerprint density at radius 2 is 1.91 bits per heavy atom. The van der Waals surface area contributed by atoms with Crippen molar-refractivity contribution in [1.82, 2.24) is 14.5 Å². The molecule has 236 valence electrons. The lowest BCUT2D eigenvalue weighted by atomic mass is 9.81. The van der Waals surface area contributed by atoms with E-state index in [1.807, 2.05) is 28.8 Å². The van der Waals surface area contributed by atoms with Crippen molar-refractivity contribution in [2.45, 2.75) is 63.3 Å². The van der Waals surface area contributed by atoms with Crippen molar-refractivity contribution in [3.8, 4) is 17.6 Å². The SMILES string of the molecule is C[C@]1(c2ccc(C#N)cc2F)Oc2cccc(N3CCN(Cc4nc5c(F)cc(C(=O)O)cc5n4C[C@@H]4CCO4)[C@H]4CC[C@@H]43)c2O1. The van der Waals surface area contributed by atoms with Crippen LogP contribution in [0.4, 0.5) is 14.5 Å². The summed E-state index contributed by atoms with van der Waals surface area (Å²) in [7, 11) is 0. The van der Waals surface area contributed by atoms with Gasteiger partial charge in [-0.05, 0) is 61.7 Å². The normalized spacial score (nSPS) is 25.1. The van der Waals surface area contributed by atoms with E-state index >= 15 is 8.78 Å². The minimum Gasteiger partial charge on any atom is -0.478 e. The molecule has 3 aliphatic heterocycles. The van der Waals surface area contributed by atoms with Gasteiger partial charge in [0.1, 0.15) is 17.2 Å². The number of halogens is 2. The first-order valence-electron chi connectivity index (χ1n) is 15.5. The fourth-order valence-corrected chi connectivity index (χ4v) is 7.21. The van der Waals surface area contributed by atoms with Crippen LogP contribution in [0.5, 0.6) is 11.5 Å². The Bertz CT molecular complexity index is 1940. The van der Waals surface area contributed by atoms with Gasteiger partial charge in [0.15, 0.2) is 17.3 Å². The highest BCUT2D eigenvalue weighted by molar-refractivity contribution is 5.92. The van der Waals surface area contributed by atoms with E-state index in [0.717, 1.165) is 31.0 Å². The third kappa shape index (κ3) is 4.56. The lowest BCUT2D eigenvalue weighted by Gasteiger charge is -2.54. The number of piperazine rings is 1. The fourth-order valence-electron chi connectivity index (χ4n) is 7.21. The van der Waals surface area contributed by atoms with Gasteiger partial charge < -0.3 is 28.8 Å². The maximum atomic E-state index is 15.1. The van der Waals surface area contributed by atoms with Crippen molar-refractivity contribution in [2.75, 3.05) is 24.6 Å². The molecule has 1 N–H and O–H groups in total. The Kier molecular flexibility index (Phi) is 6.67. The van der Waals surface area contributed by atoms with Crippen molar-refractivity contribution in [1.29, 1.82) is 5.26 Å². The molecule has 4 atom stereocenters. The Hall–Kier alpha value is -4.73. The Labute approximate surface area is 263 Å². The number of rotatable bonds is 7. The molecular weight excluding hydrogens is 596 g/mol. The summed E-state index contributed by atoms with van der Waals surface area (Å²) >= 11 is 0. The minimum absolute atomic E-state index is 0.0215. The third-order valence-corrected chi connectivity index (χ3v) is 9.81. The maximum Gasteiger partial charge on any atom is 0.335 e. The second kappa shape index (κ2) is 10.7. The third-order valence-electron chi connectivity index (χ3n) is 9.81. The molecule has 46 heavy (non-hydrogen) atoms. The number of carbonyl (C=O) groups is 1. The highest BCUT2D eigenvalue weighted by Crippen LogP contribution is 2.51. The van der Waals surface area contributed by atoms with Gasteiger partial charge in [-0.2, -0.15) is 5.26 Å². The molecule has 2 saturated heterocycles. The van der Waals surface area contributed by atoms with E-state index in [9.17, 15) is 9.90 Å². The molecule has 3 aromatic carbocycles. The van der Waals surface area contributed by atoms with Gasteiger partial charge >= 0.3 is 5.97 Å². The number of aromatic carboxylic acids is 1. The molecule has 1 saturated carbocycles. The number of anilines is 1. The molecule has 4 heterocycles. The van der Waals surface area contributed by atoms with E-state index < -0.39 is 23.4 Å². The summed E-state index contributed by atoms with van der Waals surface area (Å²) in [6, 6.07) is 14.8. The molecule has 4 aliphatic rings. The average molecular weight is 628 g/mol. The van der Waals surface area contributed by atoms with Gasteiger partial charge in [0.2, 0.25) is 0 Å². The highest BCUT2D eigenvalue weighted by atomic mass is 19.1. The zero-order valence-corrected chi connectivity index (χ0v) is 25.1. The summed E-state index contributed by atoms with van der Waals surface area (Å²) < 4.78 is 50.3. The number of nitriles is 1. The molecule has 1 aromatic heterocycles. The van der Waals surface area contributed by atoms with Gasteiger partial charge in [-0.25, -0.2) is 18.6 Å². The number of nitrogens with zero attached hydrogens (tertiary/aromatic N) is 5. The predicted octanol–water partition coefficient (Wildman–Crippen LogP) is 5.17. The highest BCUT2D eigenvalue weighted by Gasteiger charge is 2.47. The first kappa shape index (κ1) is 28.7.